The first kappa shape index (κ1) is 20.4. The molecule has 0 aliphatic heterocycles. The normalized spacial score (nSPS) is 11.4. The number of rotatable bonds is 6. The zero-order valence-electron chi connectivity index (χ0n) is 15.5. The number of hydrogen-bond donors (Lipinski definition) is 3. The van der Waals surface area contributed by atoms with Gasteiger partial charge < -0.3 is 15.5 Å². The van der Waals surface area contributed by atoms with E-state index in [-0.39, 0.29) is 29.9 Å². The fourth-order valence-corrected chi connectivity index (χ4v) is 2.80. The van der Waals surface area contributed by atoms with Crippen molar-refractivity contribution in [3.05, 3.63) is 58.1 Å². The largest absolute Gasteiger partial charge is 0.322 e. The third-order valence-corrected chi connectivity index (χ3v) is 4.49. The minimum atomic E-state index is -0.243. The van der Waals surface area contributed by atoms with Crippen molar-refractivity contribution in [3.63, 3.8) is 0 Å². The Kier molecular flexibility index (Phi) is 6.94. The lowest BCUT2D eigenvalue weighted by Crippen LogP contribution is -3.11. The van der Waals surface area contributed by atoms with Crippen molar-refractivity contribution in [3.8, 4) is 6.07 Å². The third-order valence-electron chi connectivity index (χ3n) is 4.18. The summed E-state index contributed by atoms with van der Waals surface area (Å²) in [5, 5.41) is 14.8. The average Bonchev–Trinajstić information content (AvgIpc) is 2.58. The van der Waals surface area contributed by atoms with Crippen molar-refractivity contribution >= 4 is 34.8 Å². The number of anilines is 2. The number of halogens is 1. The van der Waals surface area contributed by atoms with Crippen LogP contribution in [0.1, 0.15) is 16.7 Å². The molecule has 140 valence electrons. The quantitative estimate of drug-likeness (QED) is 0.710. The molecule has 7 heteroatoms. The van der Waals surface area contributed by atoms with Gasteiger partial charge in [0.2, 0.25) is 0 Å². The number of nitrogens with one attached hydrogen (secondary N) is 3. The van der Waals surface area contributed by atoms with Crippen LogP contribution < -0.4 is 15.5 Å². The van der Waals surface area contributed by atoms with Crippen LogP contribution in [0.5, 0.6) is 0 Å². The zero-order valence-corrected chi connectivity index (χ0v) is 16.3. The van der Waals surface area contributed by atoms with Crippen LogP contribution >= 0.6 is 11.6 Å². The number of hydrogen-bond acceptors (Lipinski definition) is 3. The molecule has 1 atom stereocenters. The summed E-state index contributed by atoms with van der Waals surface area (Å²) in [6, 6.07) is 12.4. The lowest BCUT2D eigenvalue weighted by Gasteiger charge is -2.15. The van der Waals surface area contributed by atoms with Gasteiger partial charge in [-0.25, -0.2) is 0 Å². The molecular weight excluding hydrogens is 364 g/mol. The minimum Gasteiger partial charge on any atom is -0.322 e. The van der Waals surface area contributed by atoms with Gasteiger partial charge in [0, 0.05) is 11.4 Å². The third kappa shape index (κ3) is 5.81. The van der Waals surface area contributed by atoms with Crippen LogP contribution in [0.3, 0.4) is 0 Å². The van der Waals surface area contributed by atoms with Gasteiger partial charge >= 0.3 is 0 Å². The molecule has 2 amide bonds. The van der Waals surface area contributed by atoms with Crippen LogP contribution in [0.4, 0.5) is 11.4 Å². The molecule has 2 aromatic carbocycles. The molecule has 0 fully saturated rings. The van der Waals surface area contributed by atoms with Crippen LogP contribution in [-0.2, 0) is 9.59 Å². The van der Waals surface area contributed by atoms with Gasteiger partial charge in [0.25, 0.3) is 11.8 Å². The summed E-state index contributed by atoms with van der Waals surface area (Å²) in [5.74, 6) is -0.400. The van der Waals surface area contributed by atoms with Gasteiger partial charge in [0.1, 0.15) is 6.07 Å². The van der Waals surface area contributed by atoms with E-state index in [2.05, 4.69) is 10.6 Å². The lowest BCUT2D eigenvalue weighted by molar-refractivity contribution is -0.862. The summed E-state index contributed by atoms with van der Waals surface area (Å²) in [4.78, 5) is 25.1. The van der Waals surface area contributed by atoms with E-state index in [1.165, 1.54) is 6.07 Å². The number of quaternary nitrogens is 1. The van der Waals surface area contributed by atoms with Gasteiger partial charge in [-0.3, -0.25) is 9.59 Å². The molecule has 0 aliphatic carbocycles. The van der Waals surface area contributed by atoms with Gasteiger partial charge in [0.15, 0.2) is 13.1 Å². The van der Waals surface area contributed by atoms with Crippen LogP contribution in [-0.4, -0.2) is 32.0 Å². The highest BCUT2D eigenvalue weighted by atomic mass is 35.5. The van der Waals surface area contributed by atoms with Crippen molar-refractivity contribution in [1.29, 1.82) is 5.26 Å². The Balaban J connectivity index is 1.87. The van der Waals surface area contributed by atoms with Crippen molar-refractivity contribution in [2.24, 2.45) is 0 Å². The first-order chi connectivity index (χ1) is 12.8. The fourth-order valence-electron chi connectivity index (χ4n) is 2.58. The van der Waals surface area contributed by atoms with E-state index in [9.17, 15) is 9.59 Å². The summed E-state index contributed by atoms with van der Waals surface area (Å²) in [6.45, 7) is 4.23. The highest BCUT2D eigenvalue weighted by molar-refractivity contribution is 6.32. The summed E-state index contributed by atoms with van der Waals surface area (Å²) < 4.78 is 0. The molecule has 0 spiro atoms. The smallest absolute Gasteiger partial charge is 0.279 e. The Morgan fingerprint density at radius 1 is 1.11 bits per heavy atom. The Morgan fingerprint density at radius 2 is 1.78 bits per heavy atom. The maximum absolute atomic E-state index is 12.2. The molecule has 0 saturated heterocycles. The van der Waals surface area contributed by atoms with Crippen molar-refractivity contribution in [2.45, 2.75) is 13.8 Å². The number of amides is 2. The van der Waals surface area contributed by atoms with Crippen molar-refractivity contribution < 1.29 is 14.5 Å². The van der Waals surface area contributed by atoms with Crippen molar-refractivity contribution in [2.75, 3.05) is 30.8 Å². The molecule has 0 saturated carbocycles. The van der Waals surface area contributed by atoms with E-state index >= 15 is 0 Å². The molecule has 1 unspecified atom stereocenters. The lowest BCUT2D eigenvalue weighted by atomic mass is 10.1. The van der Waals surface area contributed by atoms with E-state index in [1.807, 2.05) is 38.1 Å². The van der Waals surface area contributed by atoms with Gasteiger partial charge in [0.05, 0.1) is 17.6 Å². The molecule has 0 heterocycles. The van der Waals surface area contributed by atoms with Crippen LogP contribution in [0.25, 0.3) is 0 Å². The second kappa shape index (κ2) is 9.17. The maximum atomic E-state index is 12.2. The van der Waals surface area contributed by atoms with E-state index in [1.54, 1.807) is 19.2 Å². The summed E-state index contributed by atoms with van der Waals surface area (Å²) >= 11 is 5.96. The molecule has 3 N–H and O–H groups in total. The molecule has 27 heavy (non-hydrogen) atoms. The number of benzene rings is 2. The minimum absolute atomic E-state index is 0.123. The first-order valence-electron chi connectivity index (χ1n) is 8.47. The van der Waals surface area contributed by atoms with Gasteiger partial charge in [-0.05, 0) is 49.2 Å². The molecule has 0 bridgehead atoms. The van der Waals surface area contributed by atoms with Crippen LogP contribution in [0.2, 0.25) is 5.02 Å². The van der Waals surface area contributed by atoms with Gasteiger partial charge in [-0.1, -0.05) is 23.7 Å². The highest BCUT2D eigenvalue weighted by Gasteiger charge is 2.15. The Morgan fingerprint density at radius 3 is 2.41 bits per heavy atom. The molecule has 0 aromatic heterocycles. The Labute approximate surface area is 163 Å². The predicted molar refractivity (Wildman–Crippen MR) is 106 cm³/mol. The molecular formula is C20H22ClN4O2+. The topological polar surface area (TPSA) is 86.4 Å². The van der Waals surface area contributed by atoms with Crippen molar-refractivity contribution in [1.82, 2.24) is 0 Å². The summed E-state index contributed by atoms with van der Waals surface area (Å²) in [6.07, 6.45) is 0. The van der Waals surface area contributed by atoms with Crippen LogP contribution in [0.15, 0.2) is 36.4 Å². The van der Waals surface area contributed by atoms with Gasteiger partial charge in [-0.15, -0.1) is 0 Å². The monoisotopic (exact) mass is 385 g/mol. The molecule has 0 radical (unpaired) electrons. The number of nitrogens with zero attached hydrogens (tertiary/aromatic N) is 1. The number of carbonyl (C=O) groups excluding carboxylic acids is 2. The van der Waals surface area contributed by atoms with E-state index < -0.39 is 0 Å². The first-order valence-corrected chi connectivity index (χ1v) is 8.85. The maximum Gasteiger partial charge on any atom is 0.279 e. The fraction of sp³-hybridized carbons (Fsp3) is 0.250. The van der Waals surface area contributed by atoms with E-state index in [4.69, 9.17) is 16.9 Å². The molecule has 2 rings (SSSR count). The highest BCUT2D eigenvalue weighted by Crippen LogP contribution is 2.20. The summed E-state index contributed by atoms with van der Waals surface area (Å²) in [5.41, 5.74) is 3.77. The van der Waals surface area contributed by atoms with Gasteiger partial charge in [-0.2, -0.15) is 5.26 Å². The standard InChI is InChI=1S/C20H21ClN4O2/c1-13-5-4-6-18(14(13)2)24-20(27)12-25(3)11-19(26)23-16-8-7-15(10-22)17(21)9-16/h4-9H,11-12H2,1-3H3,(H,23,26)(H,24,27)/p+1. The Bertz CT molecular complexity index is 905. The molecule has 2 aromatic rings. The van der Waals surface area contributed by atoms with Crippen LogP contribution in [0, 0.1) is 25.2 Å². The number of aryl methyl sites for hydroxylation is 1. The number of carbonyl (C=O) groups is 2. The second-order valence-electron chi connectivity index (χ2n) is 6.46. The summed E-state index contributed by atoms with van der Waals surface area (Å²) in [7, 11) is 1.77. The number of nitriles is 1. The van der Waals surface area contributed by atoms with E-state index in [0.717, 1.165) is 21.7 Å². The predicted octanol–water partition coefficient (Wildman–Crippen LogP) is 1.92. The Hall–Kier alpha value is -2.88. The average molecular weight is 386 g/mol. The molecule has 0 aliphatic rings. The second-order valence-corrected chi connectivity index (χ2v) is 6.87. The zero-order chi connectivity index (χ0) is 20.0. The van der Waals surface area contributed by atoms with E-state index in [0.29, 0.717) is 11.3 Å². The number of likely N-dealkylation sites (N-methyl/N-ethyl adjacent to an activating group) is 1. The molecule has 6 nitrogen and oxygen atoms in total. The SMILES string of the molecule is Cc1cccc(NC(=O)C[NH+](C)CC(=O)Nc2ccc(C#N)c(Cl)c2)c1C.